The molecule has 1 atom stereocenters. The van der Waals surface area contributed by atoms with E-state index in [1.807, 2.05) is 36.7 Å². The van der Waals surface area contributed by atoms with Crippen LogP contribution in [0.4, 0.5) is 5.69 Å². The smallest absolute Gasteiger partial charge is 0.313 e. The van der Waals surface area contributed by atoms with Crippen molar-refractivity contribution in [2.75, 3.05) is 18.5 Å². The van der Waals surface area contributed by atoms with Gasteiger partial charge in [-0.1, -0.05) is 6.07 Å². The lowest BCUT2D eigenvalue weighted by Crippen LogP contribution is -2.38. The number of thiophene rings is 1. The SMILES string of the molecule is CCOc1ccc(NC(=O)C(=O)NCC(c2cccs2)n2cccn2)cc1. The summed E-state index contributed by atoms with van der Waals surface area (Å²) in [5.74, 6) is -0.708. The lowest BCUT2D eigenvalue weighted by Gasteiger charge is -2.17. The summed E-state index contributed by atoms with van der Waals surface area (Å²) < 4.78 is 7.11. The topological polar surface area (TPSA) is 85.2 Å². The summed E-state index contributed by atoms with van der Waals surface area (Å²) in [6.07, 6.45) is 3.51. The van der Waals surface area contributed by atoms with Gasteiger partial charge in [0, 0.05) is 29.5 Å². The number of hydrogen-bond acceptors (Lipinski definition) is 5. The molecule has 2 N–H and O–H groups in total. The summed E-state index contributed by atoms with van der Waals surface area (Å²) in [6.45, 7) is 2.72. The lowest BCUT2D eigenvalue weighted by molar-refractivity contribution is -0.136. The molecule has 3 rings (SSSR count). The van der Waals surface area contributed by atoms with Gasteiger partial charge in [-0.2, -0.15) is 5.10 Å². The number of anilines is 1. The number of hydrogen-bond donors (Lipinski definition) is 2. The third kappa shape index (κ3) is 4.95. The fourth-order valence-electron chi connectivity index (χ4n) is 2.53. The number of rotatable bonds is 7. The van der Waals surface area contributed by atoms with Gasteiger partial charge in [0.1, 0.15) is 11.8 Å². The number of benzene rings is 1. The van der Waals surface area contributed by atoms with Crippen molar-refractivity contribution in [2.24, 2.45) is 0 Å². The largest absolute Gasteiger partial charge is 0.494 e. The molecule has 7 nitrogen and oxygen atoms in total. The first kappa shape index (κ1) is 18.7. The number of aromatic nitrogens is 2. The van der Waals surface area contributed by atoms with Crippen LogP contribution in [-0.4, -0.2) is 34.7 Å². The Labute approximate surface area is 161 Å². The molecule has 140 valence electrons. The summed E-state index contributed by atoms with van der Waals surface area (Å²) in [4.78, 5) is 25.4. The second kappa shape index (κ2) is 9.00. The maximum absolute atomic E-state index is 12.2. The van der Waals surface area contributed by atoms with Gasteiger partial charge in [0.25, 0.3) is 0 Å². The Morgan fingerprint density at radius 3 is 2.63 bits per heavy atom. The Morgan fingerprint density at radius 1 is 1.19 bits per heavy atom. The first-order valence-electron chi connectivity index (χ1n) is 8.52. The van der Waals surface area contributed by atoms with Crippen LogP contribution in [0.5, 0.6) is 5.75 Å². The Bertz CT molecular complexity index is 827. The first-order valence-corrected chi connectivity index (χ1v) is 9.40. The number of carbonyl (C=O) groups excluding carboxylic acids is 2. The quantitative estimate of drug-likeness (QED) is 0.614. The zero-order valence-corrected chi connectivity index (χ0v) is 15.6. The average molecular weight is 384 g/mol. The van der Waals surface area contributed by atoms with Crippen molar-refractivity contribution < 1.29 is 14.3 Å². The molecule has 8 heteroatoms. The number of amides is 2. The molecule has 0 aliphatic rings. The van der Waals surface area contributed by atoms with Crippen molar-refractivity contribution >= 4 is 28.8 Å². The van der Waals surface area contributed by atoms with Crippen molar-refractivity contribution in [1.82, 2.24) is 15.1 Å². The van der Waals surface area contributed by atoms with Crippen LogP contribution in [0, 0.1) is 0 Å². The van der Waals surface area contributed by atoms with Crippen LogP contribution in [0.25, 0.3) is 0 Å². The molecule has 0 saturated heterocycles. The van der Waals surface area contributed by atoms with E-state index >= 15 is 0 Å². The minimum Gasteiger partial charge on any atom is -0.494 e. The summed E-state index contributed by atoms with van der Waals surface area (Å²) in [5.41, 5.74) is 0.528. The minimum atomic E-state index is -0.718. The lowest BCUT2D eigenvalue weighted by atomic mass is 10.2. The highest BCUT2D eigenvalue weighted by molar-refractivity contribution is 7.10. The molecule has 0 bridgehead atoms. The maximum Gasteiger partial charge on any atom is 0.313 e. The molecule has 2 amide bonds. The predicted octanol–water partition coefficient (Wildman–Crippen LogP) is 2.69. The van der Waals surface area contributed by atoms with Gasteiger partial charge in [-0.3, -0.25) is 14.3 Å². The van der Waals surface area contributed by atoms with E-state index in [1.54, 1.807) is 46.5 Å². The third-order valence-corrected chi connectivity index (χ3v) is 4.77. The molecule has 27 heavy (non-hydrogen) atoms. The van der Waals surface area contributed by atoms with Crippen LogP contribution in [0.3, 0.4) is 0 Å². The number of nitrogens with one attached hydrogen (secondary N) is 2. The molecule has 0 aliphatic carbocycles. The van der Waals surface area contributed by atoms with E-state index in [1.165, 1.54) is 0 Å². The van der Waals surface area contributed by atoms with Crippen molar-refractivity contribution in [3.8, 4) is 5.75 Å². The Balaban J connectivity index is 1.58. The minimum absolute atomic E-state index is 0.165. The van der Waals surface area contributed by atoms with Gasteiger partial charge in [-0.25, -0.2) is 0 Å². The van der Waals surface area contributed by atoms with Gasteiger partial charge in [-0.15, -0.1) is 11.3 Å². The van der Waals surface area contributed by atoms with E-state index in [2.05, 4.69) is 15.7 Å². The Hall–Kier alpha value is -3.13. The fourth-order valence-corrected chi connectivity index (χ4v) is 3.35. The molecule has 1 aromatic carbocycles. The van der Waals surface area contributed by atoms with Crippen LogP contribution in [0.1, 0.15) is 17.8 Å². The molecule has 0 spiro atoms. The standard InChI is InChI=1S/C19H20N4O3S/c1-2-26-15-8-6-14(7-9-15)22-19(25)18(24)20-13-16(17-5-3-12-27-17)23-11-4-10-21-23/h3-12,16H,2,13H2,1H3,(H,20,24)(H,22,25). The average Bonchev–Trinajstić information content (AvgIpc) is 3.38. The molecule has 0 aliphatic heterocycles. The monoisotopic (exact) mass is 384 g/mol. The van der Waals surface area contributed by atoms with E-state index < -0.39 is 11.8 Å². The molecule has 2 heterocycles. The fraction of sp³-hybridized carbons (Fsp3) is 0.211. The van der Waals surface area contributed by atoms with Crippen LogP contribution in [0.15, 0.2) is 60.2 Å². The molecular weight excluding hydrogens is 364 g/mol. The molecule has 1 unspecified atom stereocenters. The molecular formula is C19H20N4O3S. The van der Waals surface area contributed by atoms with E-state index in [9.17, 15) is 9.59 Å². The Kier molecular flexibility index (Phi) is 6.22. The molecule has 2 aromatic heterocycles. The Morgan fingerprint density at radius 2 is 2.00 bits per heavy atom. The van der Waals surface area contributed by atoms with Gasteiger partial charge >= 0.3 is 11.8 Å². The summed E-state index contributed by atoms with van der Waals surface area (Å²) >= 11 is 1.57. The maximum atomic E-state index is 12.2. The molecule has 0 saturated carbocycles. The van der Waals surface area contributed by atoms with Gasteiger partial charge in [0.05, 0.1) is 6.61 Å². The van der Waals surface area contributed by atoms with Gasteiger partial charge in [-0.05, 0) is 48.7 Å². The summed E-state index contributed by atoms with van der Waals surface area (Å²) in [6, 6.07) is 12.4. The van der Waals surface area contributed by atoms with Crippen molar-refractivity contribution in [2.45, 2.75) is 13.0 Å². The van der Waals surface area contributed by atoms with Gasteiger partial charge < -0.3 is 15.4 Å². The van der Waals surface area contributed by atoms with Crippen molar-refractivity contribution in [1.29, 1.82) is 0 Å². The number of nitrogens with zero attached hydrogens (tertiary/aromatic N) is 2. The molecule has 0 fully saturated rings. The zero-order valence-electron chi connectivity index (χ0n) is 14.8. The van der Waals surface area contributed by atoms with E-state index in [4.69, 9.17) is 4.74 Å². The number of ether oxygens (including phenoxy) is 1. The van der Waals surface area contributed by atoms with Crippen molar-refractivity contribution in [3.63, 3.8) is 0 Å². The highest BCUT2D eigenvalue weighted by Crippen LogP contribution is 2.22. The van der Waals surface area contributed by atoms with Crippen LogP contribution >= 0.6 is 11.3 Å². The highest BCUT2D eigenvalue weighted by Gasteiger charge is 2.19. The van der Waals surface area contributed by atoms with Gasteiger partial charge in [0.15, 0.2) is 0 Å². The number of carbonyl (C=O) groups is 2. The normalized spacial score (nSPS) is 11.6. The van der Waals surface area contributed by atoms with Gasteiger partial charge in [0.2, 0.25) is 0 Å². The predicted molar refractivity (Wildman–Crippen MR) is 104 cm³/mol. The first-order chi connectivity index (χ1) is 13.2. The molecule has 0 radical (unpaired) electrons. The highest BCUT2D eigenvalue weighted by atomic mass is 32.1. The summed E-state index contributed by atoms with van der Waals surface area (Å²) in [5, 5.41) is 11.5. The second-order valence-corrected chi connectivity index (χ2v) is 6.62. The summed E-state index contributed by atoms with van der Waals surface area (Å²) in [7, 11) is 0. The van der Waals surface area contributed by atoms with E-state index in [0.717, 1.165) is 4.88 Å². The van der Waals surface area contributed by atoms with E-state index in [-0.39, 0.29) is 12.6 Å². The van der Waals surface area contributed by atoms with Crippen LogP contribution in [-0.2, 0) is 9.59 Å². The van der Waals surface area contributed by atoms with E-state index in [0.29, 0.717) is 18.0 Å². The zero-order chi connectivity index (χ0) is 19.1. The molecule has 3 aromatic rings. The van der Waals surface area contributed by atoms with Crippen LogP contribution in [0.2, 0.25) is 0 Å². The third-order valence-electron chi connectivity index (χ3n) is 3.80. The van der Waals surface area contributed by atoms with Crippen molar-refractivity contribution in [3.05, 3.63) is 65.1 Å². The second-order valence-electron chi connectivity index (χ2n) is 5.64. The van der Waals surface area contributed by atoms with Crippen LogP contribution < -0.4 is 15.4 Å².